The average molecular weight is 345 g/mol. The van der Waals surface area contributed by atoms with Crippen molar-refractivity contribution in [1.29, 1.82) is 0 Å². The SMILES string of the molecule is O=S1(=O)CCC(C(CBr)CCCc2ccccc2)C1. The number of rotatable bonds is 6. The zero-order valence-corrected chi connectivity index (χ0v) is 13.5. The van der Waals surface area contributed by atoms with Gasteiger partial charge in [-0.15, -0.1) is 0 Å². The highest BCUT2D eigenvalue weighted by Gasteiger charge is 2.32. The Bertz CT molecular complexity index is 484. The second-order valence-electron chi connectivity index (χ2n) is 5.46. The van der Waals surface area contributed by atoms with Gasteiger partial charge in [-0.2, -0.15) is 0 Å². The Morgan fingerprint density at radius 2 is 2.00 bits per heavy atom. The highest BCUT2D eigenvalue weighted by atomic mass is 79.9. The number of alkyl halides is 1. The number of halogens is 1. The molecule has 0 aliphatic carbocycles. The zero-order valence-electron chi connectivity index (χ0n) is 11.1. The number of hydrogen-bond donors (Lipinski definition) is 0. The van der Waals surface area contributed by atoms with Crippen LogP contribution in [0.5, 0.6) is 0 Å². The summed E-state index contributed by atoms with van der Waals surface area (Å²) in [6.07, 6.45) is 4.19. The van der Waals surface area contributed by atoms with Crippen molar-refractivity contribution >= 4 is 25.8 Å². The summed E-state index contributed by atoms with van der Waals surface area (Å²) in [6, 6.07) is 10.5. The van der Waals surface area contributed by atoms with Crippen molar-refractivity contribution in [3.63, 3.8) is 0 Å². The summed E-state index contributed by atoms with van der Waals surface area (Å²) in [5, 5.41) is 0.919. The molecule has 0 radical (unpaired) electrons. The lowest BCUT2D eigenvalue weighted by Crippen LogP contribution is -2.18. The summed E-state index contributed by atoms with van der Waals surface area (Å²) in [5.41, 5.74) is 1.37. The van der Waals surface area contributed by atoms with E-state index in [9.17, 15) is 8.42 Å². The fourth-order valence-corrected chi connectivity index (χ4v) is 5.62. The van der Waals surface area contributed by atoms with Crippen molar-refractivity contribution in [2.75, 3.05) is 16.8 Å². The largest absolute Gasteiger partial charge is 0.229 e. The maximum Gasteiger partial charge on any atom is 0.150 e. The zero-order chi connectivity index (χ0) is 13.7. The molecule has 1 aromatic carbocycles. The molecule has 4 heteroatoms. The molecule has 0 N–H and O–H groups in total. The van der Waals surface area contributed by atoms with E-state index in [1.807, 2.05) is 6.07 Å². The monoisotopic (exact) mass is 344 g/mol. The third-order valence-corrected chi connectivity index (χ3v) is 6.64. The van der Waals surface area contributed by atoms with Crippen LogP contribution >= 0.6 is 15.9 Å². The standard InChI is InChI=1S/C15H21BrO2S/c16-11-14(15-9-10-19(17,18)12-15)8-4-7-13-5-2-1-3-6-13/h1-3,5-6,14-15H,4,7-12H2. The van der Waals surface area contributed by atoms with E-state index in [0.29, 0.717) is 23.3 Å². The van der Waals surface area contributed by atoms with E-state index < -0.39 is 9.84 Å². The predicted octanol–water partition coefficient (Wildman–Crippen LogP) is 3.46. The molecule has 2 unspecified atom stereocenters. The first kappa shape index (κ1) is 15.0. The lowest BCUT2D eigenvalue weighted by Gasteiger charge is -2.20. The molecule has 1 aromatic rings. The normalized spacial score (nSPS) is 23.3. The summed E-state index contributed by atoms with van der Waals surface area (Å²) in [6.45, 7) is 0. The molecule has 0 saturated carbocycles. The average Bonchev–Trinajstić information content (AvgIpc) is 2.76. The second-order valence-corrected chi connectivity index (χ2v) is 8.33. The topological polar surface area (TPSA) is 34.1 Å². The van der Waals surface area contributed by atoms with Gasteiger partial charge in [-0.1, -0.05) is 46.3 Å². The van der Waals surface area contributed by atoms with Crippen molar-refractivity contribution in [1.82, 2.24) is 0 Å². The smallest absolute Gasteiger partial charge is 0.150 e. The number of benzene rings is 1. The van der Waals surface area contributed by atoms with Crippen LogP contribution in [0.4, 0.5) is 0 Å². The predicted molar refractivity (Wildman–Crippen MR) is 83.4 cm³/mol. The molecule has 2 nitrogen and oxygen atoms in total. The lowest BCUT2D eigenvalue weighted by atomic mass is 9.88. The lowest BCUT2D eigenvalue weighted by molar-refractivity contribution is 0.371. The second kappa shape index (κ2) is 6.89. The minimum atomic E-state index is -2.75. The van der Waals surface area contributed by atoms with E-state index >= 15 is 0 Å². The van der Waals surface area contributed by atoms with Gasteiger partial charge < -0.3 is 0 Å². The van der Waals surface area contributed by atoms with Gasteiger partial charge >= 0.3 is 0 Å². The summed E-state index contributed by atoms with van der Waals surface area (Å²) >= 11 is 3.56. The van der Waals surface area contributed by atoms with Crippen molar-refractivity contribution in [2.24, 2.45) is 11.8 Å². The van der Waals surface area contributed by atoms with Gasteiger partial charge in [-0.3, -0.25) is 0 Å². The van der Waals surface area contributed by atoms with E-state index in [2.05, 4.69) is 40.2 Å². The van der Waals surface area contributed by atoms with Gasteiger partial charge in [0, 0.05) is 5.33 Å². The van der Waals surface area contributed by atoms with E-state index in [-0.39, 0.29) is 0 Å². The molecular weight excluding hydrogens is 324 g/mol. The third kappa shape index (κ3) is 4.60. The van der Waals surface area contributed by atoms with Crippen LogP contribution in [0.3, 0.4) is 0 Å². The molecule has 0 bridgehead atoms. The molecular formula is C15H21BrO2S. The molecule has 0 amide bonds. The van der Waals surface area contributed by atoms with Gasteiger partial charge in [0.1, 0.15) is 0 Å². The summed E-state index contributed by atoms with van der Waals surface area (Å²) in [5.74, 6) is 1.65. The molecule has 1 fully saturated rings. The van der Waals surface area contributed by atoms with E-state index in [1.165, 1.54) is 5.56 Å². The van der Waals surface area contributed by atoms with Crippen molar-refractivity contribution in [3.8, 4) is 0 Å². The molecule has 2 atom stereocenters. The van der Waals surface area contributed by atoms with E-state index in [4.69, 9.17) is 0 Å². The minimum Gasteiger partial charge on any atom is -0.229 e. The quantitative estimate of drug-likeness (QED) is 0.740. The van der Waals surface area contributed by atoms with Gasteiger partial charge in [-0.05, 0) is 43.1 Å². The Morgan fingerprint density at radius 1 is 1.26 bits per heavy atom. The molecule has 1 saturated heterocycles. The Kier molecular flexibility index (Phi) is 5.46. The number of hydrogen-bond acceptors (Lipinski definition) is 2. The Balaban J connectivity index is 1.80. The Labute approximate surface area is 124 Å². The van der Waals surface area contributed by atoms with Crippen molar-refractivity contribution in [2.45, 2.75) is 25.7 Å². The highest BCUT2D eigenvalue weighted by molar-refractivity contribution is 9.09. The molecule has 1 heterocycles. The summed E-state index contributed by atoms with van der Waals surface area (Å²) in [4.78, 5) is 0. The van der Waals surface area contributed by atoms with E-state index in [0.717, 1.165) is 31.0 Å². The van der Waals surface area contributed by atoms with Crippen LogP contribution in [-0.4, -0.2) is 25.3 Å². The number of sulfone groups is 1. The molecule has 1 aliphatic heterocycles. The van der Waals surface area contributed by atoms with Crippen LogP contribution in [0.15, 0.2) is 30.3 Å². The first-order valence-corrected chi connectivity index (χ1v) is 9.85. The van der Waals surface area contributed by atoms with Gasteiger partial charge in [0.2, 0.25) is 0 Å². The Morgan fingerprint density at radius 3 is 2.58 bits per heavy atom. The molecule has 106 valence electrons. The third-order valence-electron chi connectivity index (χ3n) is 4.02. The van der Waals surface area contributed by atoms with Crippen LogP contribution in [0.25, 0.3) is 0 Å². The Hall–Kier alpha value is -0.350. The van der Waals surface area contributed by atoms with Crippen LogP contribution in [0, 0.1) is 11.8 Å². The van der Waals surface area contributed by atoms with Crippen molar-refractivity contribution in [3.05, 3.63) is 35.9 Å². The molecule has 0 aromatic heterocycles. The molecule has 19 heavy (non-hydrogen) atoms. The first-order chi connectivity index (χ1) is 9.11. The summed E-state index contributed by atoms with van der Waals surface area (Å²) < 4.78 is 23.1. The molecule has 1 aliphatic rings. The number of aryl methyl sites for hydroxylation is 1. The maximum atomic E-state index is 11.5. The van der Waals surface area contributed by atoms with Gasteiger partial charge in [0.05, 0.1) is 11.5 Å². The fraction of sp³-hybridized carbons (Fsp3) is 0.600. The highest BCUT2D eigenvalue weighted by Crippen LogP contribution is 2.30. The van der Waals surface area contributed by atoms with Gasteiger partial charge in [0.15, 0.2) is 9.84 Å². The maximum absolute atomic E-state index is 11.5. The van der Waals surface area contributed by atoms with Crippen LogP contribution in [0.2, 0.25) is 0 Å². The van der Waals surface area contributed by atoms with Crippen LogP contribution in [-0.2, 0) is 16.3 Å². The van der Waals surface area contributed by atoms with Crippen molar-refractivity contribution < 1.29 is 8.42 Å². The van der Waals surface area contributed by atoms with Gasteiger partial charge in [-0.25, -0.2) is 8.42 Å². The molecule has 0 spiro atoms. The molecule has 2 rings (SSSR count). The first-order valence-electron chi connectivity index (χ1n) is 6.91. The minimum absolute atomic E-state index is 0.361. The fourth-order valence-electron chi connectivity index (χ4n) is 2.85. The van der Waals surface area contributed by atoms with Crippen LogP contribution < -0.4 is 0 Å². The van der Waals surface area contributed by atoms with Crippen LogP contribution in [0.1, 0.15) is 24.8 Å². The summed E-state index contributed by atoms with van der Waals surface area (Å²) in [7, 11) is -2.75. The van der Waals surface area contributed by atoms with Gasteiger partial charge in [0.25, 0.3) is 0 Å². The van der Waals surface area contributed by atoms with E-state index in [1.54, 1.807) is 0 Å².